The zero-order valence-corrected chi connectivity index (χ0v) is 6.87. The molecule has 0 aliphatic rings. The molecule has 0 saturated carbocycles. The first kappa shape index (κ1) is 8.48. The second-order valence-corrected chi connectivity index (χ2v) is 2.36. The highest BCUT2D eigenvalue weighted by Gasteiger charge is 1.90. The summed E-state index contributed by atoms with van der Waals surface area (Å²) in [5, 5.41) is 0. The topological polar surface area (TPSA) is 30.0 Å². The Kier molecular flexibility index (Phi) is 3.04. The maximum absolute atomic E-state index is 9.96. The maximum atomic E-state index is 9.96. The number of aryl methyl sites for hydroxylation is 1. The summed E-state index contributed by atoms with van der Waals surface area (Å²) in [6, 6.07) is 1.89. The number of carbonyl (C=O) groups excluding carboxylic acids is 1. The zero-order valence-electron chi connectivity index (χ0n) is 6.87. The third kappa shape index (κ3) is 2.21. The van der Waals surface area contributed by atoms with Crippen LogP contribution in [0.5, 0.6) is 0 Å². The van der Waals surface area contributed by atoms with Crippen molar-refractivity contribution < 1.29 is 4.79 Å². The van der Waals surface area contributed by atoms with E-state index < -0.39 is 0 Å². The lowest BCUT2D eigenvalue weighted by atomic mass is 10.2. The van der Waals surface area contributed by atoms with Crippen LogP contribution in [0.3, 0.4) is 0 Å². The predicted octanol–water partition coefficient (Wildman–Crippen LogP) is 1.33. The molecule has 12 heavy (non-hydrogen) atoms. The summed E-state index contributed by atoms with van der Waals surface area (Å²) in [6.45, 7) is 1.96. The fourth-order valence-corrected chi connectivity index (χ4v) is 0.783. The molecule has 0 saturated heterocycles. The Morgan fingerprint density at radius 3 is 3.17 bits per heavy atom. The van der Waals surface area contributed by atoms with Gasteiger partial charge in [-0.3, -0.25) is 4.98 Å². The fourth-order valence-electron chi connectivity index (χ4n) is 0.783. The highest BCUT2D eigenvalue weighted by atomic mass is 16.1. The van der Waals surface area contributed by atoms with Crippen molar-refractivity contribution in [2.75, 3.05) is 0 Å². The summed E-state index contributed by atoms with van der Waals surface area (Å²) in [5.74, 6) is 5.60. The molecular weight excluding hydrogens is 150 g/mol. The average molecular weight is 159 g/mol. The van der Waals surface area contributed by atoms with Crippen LogP contribution < -0.4 is 0 Å². The van der Waals surface area contributed by atoms with Crippen LogP contribution in [0.1, 0.15) is 17.5 Å². The standard InChI is InChI=1S/C10H9NO/c1-9-5-6-11-8-10(9)4-2-3-7-12/h5-8H,3H2,1H3. The molecular formula is C10H9NO. The summed E-state index contributed by atoms with van der Waals surface area (Å²) in [4.78, 5) is 13.9. The van der Waals surface area contributed by atoms with Gasteiger partial charge in [0, 0.05) is 18.0 Å². The minimum absolute atomic E-state index is 0.286. The minimum atomic E-state index is 0.286. The van der Waals surface area contributed by atoms with E-state index in [1.165, 1.54) is 0 Å². The monoisotopic (exact) mass is 159 g/mol. The quantitative estimate of drug-likeness (QED) is 0.457. The van der Waals surface area contributed by atoms with E-state index in [9.17, 15) is 4.79 Å². The van der Waals surface area contributed by atoms with Crippen LogP contribution in [0, 0.1) is 18.8 Å². The molecule has 0 fully saturated rings. The number of nitrogens with zero attached hydrogens (tertiary/aromatic N) is 1. The zero-order chi connectivity index (χ0) is 8.81. The predicted molar refractivity (Wildman–Crippen MR) is 46.5 cm³/mol. The molecule has 0 amide bonds. The first-order valence-electron chi connectivity index (χ1n) is 3.67. The van der Waals surface area contributed by atoms with Crippen molar-refractivity contribution in [3.63, 3.8) is 0 Å². The Balaban J connectivity index is 2.84. The van der Waals surface area contributed by atoms with Crippen molar-refractivity contribution in [2.45, 2.75) is 13.3 Å². The van der Waals surface area contributed by atoms with Crippen molar-refractivity contribution in [1.82, 2.24) is 4.98 Å². The molecule has 1 aromatic rings. The fraction of sp³-hybridized carbons (Fsp3) is 0.200. The number of pyridine rings is 1. The number of aromatic nitrogens is 1. The Morgan fingerprint density at radius 2 is 2.50 bits per heavy atom. The smallest absolute Gasteiger partial charge is 0.131 e. The molecule has 1 aromatic heterocycles. The Hall–Kier alpha value is -1.62. The average Bonchev–Trinajstić information content (AvgIpc) is 2.09. The highest BCUT2D eigenvalue weighted by molar-refractivity contribution is 5.55. The van der Waals surface area contributed by atoms with Gasteiger partial charge < -0.3 is 4.79 Å². The van der Waals surface area contributed by atoms with Gasteiger partial charge in [-0.1, -0.05) is 11.8 Å². The van der Waals surface area contributed by atoms with Crippen LogP contribution in [0.4, 0.5) is 0 Å². The Morgan fingerprint density at radius 1 is 1.67 bits per heavy atom. The number of carbonyl (C=O) groups is 1. The van der Waals surface area contributed by atoms with Gasteiger partial charge in [-0.05, 0) is 18.6 Å². The van der Waals surface area contributed by atoms with Crippen molar-refractivity contribution in [3.8, 4) is 11.8 Å². The Bertz CT molecular complexity index is 333. The molecule has 2 nitrogen and oxygen atoms in total. The molecule has 1 rings (SSSR count). The summed E-state index contributed by atoms with van der Waals surface area (Å²) >= 11 is 0. The lowest BCUT2D eigenvalue weighted by Gasteiger charge is -1.93. The van der Waals surface area contributed by atoms with E-state index in [2.05, 4.69) is 16.8 Å². The molecule has 0 aromatic carbocycles. The van der Waals surface area contributed by atoms with E-state index in [1.54, 1.807) is 12.4 Å². The number of hydrogen-bond acceptors (Lipinski definition) is 2. The number of hydrogen-bond donors (Lipinski definition) is 0. The summed E-state index contributed by atoms with van der Waals surface area (Å²) < 4.78 is 0. The highest BCUT2D eigenvalue weighted by Crippen LogP contribution is 2.01. The van der Waals surface area contributed by atoms with E-state index in [-0.39, 0.29) is 6.42 Å². The van der Waals surface area contributed by atoms with Crippen LogP contribution in [-0.2, 0) is 4.79 Å². The van der Waals surface area contributed by atoms with Crippen LogP contribution in [0.25, 0.3) is 0 Å². The maximum Gasteiger partial charge on any atom is 0.131 e. The molecule has 0 N–H and O–H groups in total. The molecule has 0 unspecified atom stereocenters. The molecule has 0 bridgehead atoms. The first-order valence-corrected chi connectivity index (χ1v) is 3.67. The largest absolute Gasteiger partial charge is 0.302 e. The van der Waals surface area contributed by atoms with Gasteiger partial charge in [0.05, 0.1) is 6.42 Å². The van der Waals surface area contributed by atoms with Crippen LogP contribution in [-0.4, -0.2) is 11.3 Å². The lowest BCUT2D eigenvalue weighted by Crippen LogP contribution is -1.82. The van der Waals surface area contributed by atoms with Crippen LogP contribution in [0.2, 0.25) is 0 Å². The first-order chi connectivity index (χ1) is 5.84. The minimum Gasteiger partial charge on any atom is -0.302 e. The lowest BCUT2D eigenvalue weighted by molar-refractivity contribution is -0.107. The van der Waals surface area contributed by atoms with Crippen molar-refractivity contribution >= 4 is 6.29 Å². The van der Waals surface area contributed by atoms with Gasteiger partial charge in [0.25, 0.3) is 0 Å². The van der Waals surface area contributed by atoms with Crippen molar-refractivity contribution in [1.29, 1.82) is 0 Å². The molecule has 0 radical (unpaired) electrons. The SMILES string of the molecule is Cc1ccncc1C#CCC=O. The van der Waals surface area contributed by atoms with Crippen molar-refractivity contribution in [2.24, 2.45) is 0 Å². The van der Waals surface area contributed by atoms with Gasteiger partial charge in [0.15, 0.2) is 0 Å². The van der Waals surface area contributed by atoms with Gasteiger partial charge in [0.1, 0.15) is 6.29 Å². The third-order valence-corrected chi connectivity index (χ3v) is 1.45. The summed E-state index contributed by atoms with van der Waals surface area (Å²) in [6.07, 6.45) is 4.50. The van der Waals surface area contributed by atoms with E-state index in [4.69, 9.17) is 0 Å². The molecule has 0 spiro atoms. The molecule has 0 atom stereocenters. The third-order valence-electron chi connectivity index (χ3n) is 1.45. The van der Waals surface area contributed by atoms with Gasteiger partial charge >= 0.3 is 0 Å². The van der Waals surface area contributed by atoms with E-state index >= 15 is 0 Å². The Labute approximate surface area is 71.6 Å². The molecule has 60 valence electrons. The van der Waals surface area contributed by atoms with Crippen molar-refractivity contribution in [3.05, 3.63) is 29.6 Å². The summed E-state index contributed by atoms with van der Waals surface area (Å²) in [5.41, 5.74) is 1.97. The second kappa shape index (κ2) is 4.30. The second-order valence-electron chi connectivity index (χ2n) is 2.36. The molecule has 0 aliphatic carbocycles. The van der Waals surface area contributed by atoms with Gasteiger partial charge in [-0.15, -0.1) is 0 Å². The molecule has 1 heterocycles. The van der Waals surface area contributed by atoms with E-state index in [0.717, 1.165) is 17.4 Å². The van der Waals surface area contributed by atoms with Crippen LogP contribution >= 0.6 is 0 Å². The summed E-state index contributed by atoms with van der Waals surface area (Å²) in [7, 11) is 0. The van der Waals surface area contributed by atoms with Crippen LogP contribution in [0.15, 0.2) is 18.5 Å². The molecule has 2 heteroatoms. The van der Waals surface area contributed by atoms with Gasteiger partial charge in [-0.25, -0.2) is 0 Å². The van der Waals surface area contributed by atoms with E-state index in [1.807, 2.05) is 13.0 Å². The van der Waals surface area contributed by atoms with Gasteiger partial charge in [0.2, 0.25) is 0 Å². The normalized spacial score (nSPS) is 8.42. The number of rotatable bonds is 1. The van der Waals surface area contributed by atoms with Gasteiger partial charge in [-0.2, -0.15) is 0 Å². The molecule has 0 aliphatic heterocycles. The number of aldehydes is 1. The van der Waals surface area contributed by atoms with E-state index in [0.29, 0.717) is 0 Å².